The molecule has 0 saturated carbocycles. The smallest absolute Gasteiger partial charge is 0.416 e. The maximum atomic E-state index is 12.7. The van der Waals surface area contributed by atoms with Crippen molar-refractivity contribution in [2.24, 2.45) is 0 Å². The first-order chi connectivity index (χ1) is 12.3. The van der Waals surface area contributed by atoms with Gasteiger partial charge in [0, 0.05) is 17.3 Å². The molecule has 0 unspecified atom stereocenters. The number of benzene rings is 1. The van der Waals surface area contributed by atoms with E-state index in [9.17, 15) is 18.0 Å². The van der Waals surface area contributed by atoms with Gasteiger partial charge in [-0.2, -0.15) is 13.2 Å². The molecule has 0 saturated heterocycles. The number of hydrogen-bond acceptors (Lipinski definition) is 5. The molecule has 0 aliphatic rings. The van der Waals surface area contributed by atoms with Crippen molar-refractivity contribution in [1.29, 1.82) is 0 Å². The molecule has 1 aromatic carbocycles. The molecule has 26 heavy (non-hydrogen) atoms. The summed E-state index contributed by atoms with van der Waals surface area (Å²) in [5.74, 6) is -0.697. The highest BCUT2D eigenvalue weighted by atomic mass is 35.5. The molecular weight excluding hydrogens is 373 g/mol. The highest BCUT2D eigenvalue weighted by Crippen LogP contribution is 2.33. The summed E-state index contributed by atoms with van der Waals surface area (Å²) in [6, 6.07) is 7.29. The molecule has 0 bridgehead atoms. The Balaban J connectivity index is 2.06. The number of esters is 1. The molecule has 0 amide bonds. The van der Waals surface area contributed by atoms with Crippen molar-refractivity contribution in [3.8, 4) is 22.8 Å². The van der Waals surface area contributed by atoms with Gasteiger partial charge in [-0.15, -0.1) is 0 Å². The number of rotatable bonds is 3. The molecule has 0 fully saturated rings. The number of carbonyl (C=O) groups excluding carboxylic acids is 1. The van der Waals surface area contributed by atoms with Crippen LogP contribution in [0.2, 0.25) is 5.15 Å². The van der Waals surface area contributed by atoms with Crippen LogP contribution in [0.4, 0.5) is 13.2 Å². The van der Waals surface area contributed by atoms with Crippen LogP contribution in [0.15, 0.2) is 47.0 Å². The lowest BCUT2D eigenvalue weighted by Crippen LogP contribution is -2.04. The number of carbonyl (C=O) groups is 1. The van der Waals surface area contributed by atoms with E-state index in [1.165, 1.54) is 31.5 Å². The zero-order chi connectivity index (χ0) is 18.9. The zero-order valence-electron chi connectivity index (χ0n) is 13.2. The molecule has 9 heteroatoms. The first-order valence-corrected chi connectivity index (χ1v) is 7.56. The summed E-state index contributed by atoms with van der Waals surface area (Å²) in [6.45, 7) is 0. The number of ether oxygens (including phenoxy) is 1. The van der Waals surface area contributed by atoms with Crippen LogP contribution in [0.1, 0.15) is 16.1 Å². The molecule has 0 radical (unpaired) electrons. The van der Waals surface area contributed by atoms with Gasteiger partial charge in [0.1, 0.15) is 5.15 Å². The number of halogens is 4. The topological polar surface area (TPSA) is 65.2 Å². The molecule has 2 aromatic heterocycles. The number of methoxy groups -OCH3 is 1. The summed E-state index contributed by atoms with van der Waals surface area (Å²) < 4.78 is 48.3. The first kappa shape index (κ1) is 17.9. The predicted octanol–water partition coefficient (Wildman–Crippen LogP) is 4.86. The largest absolute Gasteiger partial charge is 0.464 e. The van der Waals surface area contributed by atoms with Crippen LogP contribution < -0.4 is 0 Å². The Morgan fingerprint density at radius 3 is 2.31 bits per heavy atom. The Morgan fingerprint density at radius 2 is 1.77 bits per heavy atom. The van der Waals surface area contributed by atoms with Crippen LogP contribution in [0.25, 0.3) is 22.8 Å². The molecule has 3 rings (SSSR count). The molecule has 0 aliphatic carbocycles. The minimum absolute atomic E-state index is 0.0240. The van der Waals surface area contributed by atoms with Crippen LogP contribution in [0.3, 0.4) is 0 Å². The van der Waals surface area contributed by atoms with Crippen LogP contribution in [0.5, 0.6) is 0 Å². The maximum Gasteiger partial charge on any atom is 0.416 e. The second kappa shape index (κ2) is 6.80. The van der Waals surface area contributed by atoms with Crippen molar-refractivity contribution in [2.75, 3.05) is 7.11 Å². The van der Waals surface area contributed by atoms with Gasteiger partial charge in [-0.3, -0.25) is 0 Å². The van der Waals surface area contributed by atoms with E-state index in [1.54, 1.807) is 6.07 Å². The van der Waals surface area contributed by atoms with Gasteiger partial charge in [0.15, 0.2) is 11.5 Å². The SMILES string of the molecule is COC(=O)c1nc(-c2ccc(C(F)(F)F)cc2)oc1-c1ccc(Cl)nc1. The summed E-state index contributed by atoms with van der Waals surface area (Å²) >= 11 is 5.74. The summed E-state index contributed by atoms with van der Waals surface area (Å²) in [7, 11) is 1.18. The predicted molar refractivity (Wildman–Crippen MR) is 86.5 cm³/mol. The van der Waals surface area contributed by atoms with Crippen molar-refractivity contribution < 1.29 is 27.1 Å². The third-order valence-electron chi connectivity index (χ3n) is 3.45. The van der Waals surface area contributed by atoms with E-state index in [0.717, 1.165) is 12.1 Å². The van der Waals surface area contributed by atoms with E-state index >= 15 is 0 Å². The number of hydrogen-bond donors (Lipinski definition) is 0. The maximum absolute atomic E-state index is 12.7. The fraction of sp³-hybridized carbons (Fsp3) is 0.118. The van der Waals surface area contributed by atoms with Gasteiger partial charge >= 0.3 is 12.1 Å². The summed E-state index contributed by atoms with van der Waals surface area (Å²) in [4.78, 5) is 19.9. The molecule has 0 atom stereocenters. The van der Waals surface area contributed by atoms with E-state index in [0.29, 0.717) is 5.56 Å². The van der Waals surface area contributed by atoms with Crippen molar-refractivity contribution >= 4 is 17.6 Å². The Morgan fingerprint density at radius 1 is 1.12 bits per heavy atom. The van der Waals surface area contributed by atoms with Crippen molar-refractivity contribution in [2.45, 2.75) is 6.18 Å². The molecular formula is C17H10ClF3N2O3. The van der Waals surface area contributed by atoms with E-state index in [-0.39, 0.29) is 28.1 Å². The highest BCUT2D eigenvalue weighted by molar-refractivity contribution is 6.29. The number of oxazole rings is 1. The Bertz CT molecular complexity index is 935. The Hall–Kier alpha value is -2.87. The summed E-state index contributed by atoms with van der Waals surface area (Å²) in [6.07, 6.45) is -3.07. The number of pyridine rings is 1. The molecule has 0 N–H and O–H groups in total. The number of nitrogens with zero attached hydrogens (tertiary/aromatic N) is 2. The van der Waals surface area contributed by atoms with E-state index in [2.05, 4.69) is 14.7 Å². The van der Waals surface area contributed by atoms with Gasteiger partial charge in [-0.1, -0.05) is 11.6 Å². The molecule has 134 valence electrons. The normalized spacial score (nSPS) is 11.4. The van der Waals surface area contributed by atoms with Gasteiger partial charge < -0.3 is 9.15 Å². The third kappa shape index (κ3) is 3.55. The standard InChI is InChI=1S/C17H10ClF3N2O3/c1-25-16(24)13-14(10-4-7-12(18)22-8-10)26-15(23-13)9-2-5-11(6-3-9)17(19,20)21/h2-8H,1H3. The van der Waals surface area contributed by atoms with Gasteiger partial charge in [-0.25, -0.2) is 14.8 Å². The Labute approximate surface area is 150 Å². The molecule has 2 heterocycles. The van der Waals surface area contributed by atoms with Crippen LogP contribution in [-0.2, 0) is 10.9 Å². The average molecular weight is 383 g/mol. The number of alkyl halides is 3. The zero-order valence-corrected chi connectivity index (χ0v) is 13.9. The second-order valence-corrected chi connectivity index (χ2v) is 5.52. The minimum atomic E-state index is -4.45. The quantitative estimate of drug-likeness (QED) is 0.478. The first-order valence-electron chi connectivity index (χ1n) is 7.18. The Kier molecular flexibility index (Phi) is 4.69. The monoisotopic (exact) mass is 382 g/mol. The fourth-order valence-corrected chi connectivity index (χ4v) is 2.30. The second-order valence-electron chi connectivity index (χ2n) is 5.13. The van der Waals surface area contributed by atoms with E-state index in [4.69, 9.17) is 16.0 Å². The molecule has 5 nitrogen and oxygen atoms in total. The van der Waals surface area contributed by atoms with Gasteiger partial charge in [0.05, 0.1) is 12.7 Å². The van der Waals surface area contributed by atoms with E-state index < -0.39 is 17.7 Å². The molecule has 3 aromatic rings. The van der Waals surface area contributed by atoms with Gasteiger partial charge in [0.25, 0.3) is 0 Å². The molecule has 0 spiro atoms. The third-order valence-corrected chi connectivity index (χ3v) is 3.68. The van der Waals surface area contributed by atoms with Crippen LogP contribution in [0, 0.1) is 0 Å². The van der Waals surface area contributed by atoms with Gasteiger partial charge in [-0.05, 0) is 36.4 Å². The van der Waals surface area contributed by atoms with Crippen molar-refractivity contribution in [1.82, 2.24) is 9.97 Å². The minimum Gasteiger partial charge on any atom is -0.464 e. The summed E-state index contributed by atoms with van der Waals surface area (Å²) in [5, 5.41) is 0.246. The van der Waals surface area contributed by atoms with E-state index in [1.807, 2.05) is 0 Å². The average Bonchev–Trinajstić information content (AvgIpc) is 3.06. The lowest BCUT2D eigenvalue weighted by Gasteiger charge is -2.06. The van der Waals surface area contributed by atoms with Crippen LogP contribution >= 0.6 is 11.6 Å². The van der Waals surface area contributed by atoms with Gasteiger partial charge in [0.2, 0.25) is 5.89 Å². The fourth-order valence-electron chi connectivity index (χ4n) is 2.19. The lowest BCUT2D eigenvalue weighted by molar-refractivity contribution is -0.137. The van der Waals surface area contributed by atoms with Crippen molar-refractivity contribution in [3.05, 3.63) is 59.0 Å². The van der Waals surface area contributed by atoms with Crippen molar-refractivity contribution in [3.63, 3.8) is 0 Å². The van der Waals surface area contributed by atoms with Crippen LogP contribution in [-0.4, -0.2) is 23.0 Å². The molecule has 0 aliphatic heterocycles. The highest BCUT2D eigenvalue weighted by Gasteiger charge is 2.30. The number of aromatic nitrogens is 2. The lowest BCUT2D eigenvalue weighted by atomic mass is 10.1. The summed E-state index contributed by atoms with van der Waals surface area (Å²) in [5.41, 5.74) is -0.230.